The zero-order valence-corrected chi connectivity index (χ0v) is 18.2. The van der Waals surface area contributed by atoms with Crippen LogP contribution in [0.1, 0.15) is 52.4 Å². The molecule has 0 aliphatic heterocycles. The van der Waals surface area contributed by atoms with Crippen LogP contribution in [0.15, 0.2) is 23.1 Å². The summed E-state index contributed by atoms with van der Waals surface area (Å²) in [7, 11) is -3.93. The molecule has 1 aliphatic carbocycles. The van der Waals surface area contributed by atoms with Crippen molar-refractivity contribution in [2.75, 3.05) is 13.1 Å². The Kier molecular flexibility index (Phi) is 8.40. The second-order valence-electron chi connectivity index (χ2n) is 7.50. The summed E-state index contributed by atoms with van der Waals surface area (Å²) in [5.41, 5.74) is 0. The second-order valence-corrected chi connectivity index (χ2v) is 10.2. The van der Waals surface area contributed by atoms with Gasteiger partial charge in [-0.2, -0.15) is 4.31 Å². The Morgan fingerprint density at radius 1 is 1.22 bits per heavy atom. The van der Waals surface area contributed by atoms with Crippen molar-refractivity contribution in [1.29, 1.82) is 0 Å². The fourth-order valence-corrected chi connectivity index (χ4v) is 5.33. The van der Waals surface area contributed by atoms with Gasteiger partial charge in [-0.15, -0.1) is 0 Å². The Morgan fingerprint density at radius 3 is 2.52 bits per heavy atom. The molecule has 2 rings (SSSR count). The van der Waals surface area contributed by atoms with E-state index in [0.717, 1.165) is 25.7 Å². The molecule has 1 saturated carbocycles. The highest BCUT2D eigenvalue weighted by atomic mass is 35.5. The quantitative estimate of drug-likeness (QED) is 0.655. The molecule has 0 spiro atoms. The first-order valence-corrected chi connectivity index (χ1v) is 11.6. The van der Waals surface area contributed by atoms with Crippen molar-refractivity contribution in [1.82, 2.24) is 9.62 Å². The lowest BCUT2D eigenvalue weighted by Gasteiger charge is -2.26. The van der Waals surface area contributed by atoms with Crippen LogP contribution in [0, 0.1) is 5.92 Å². The van der Waals surface area contributed by atoms with Gasteiger partial charge in [-0.1, -0.05) is 56.3 Å². The zero-order chi connectivity index (χ0) is 20.0. The van der Waals surface area contributed by atoms with Crippen LogP contribution in [-0.4, -0.2) is 37.8 Å². The van der Waals surface area contributed by atoms with E-state index >= 15 is 0 Å². The van der Waals surface area contributed by atoms with E-state index in [2.05, 4.69) is 5.32 Å². The minimum absolute atomic E-state index is 0.0640. The van der Waals surface area contributed by atoms with E-state index < -0.39 is 10.0 Å². The number of nitrogens with zero attached hydrogens (tertiary/aromatic N) is 1. The first-order valence-electron chi connectivity index (χ1n) is 9.44. The predicted molar refractivity (Wildman–Crippen MR) is 110 cm³/mol. The summed E-state index contributed by atoms with van der Waals surface area (Å²) in [6.45, 7) is 4.06. The van der Waals surface area contributed by atoms with Crippen LogP contribution >= 0.6 is 23.2 Å². The van der Waals surface area contributed by atoms with E-state index in [0.29, 0.717) is 12.3 Å². The summed E-state index contributed by atoms with van der Waals surface area (Å²) in [6.07, 6.45) is 5.93. The topological polar surface area (TPSA) is 66.5 Å². The van der Waals surface area contributed by atoms with Crippen molar-refractivity contribution in [3.63, 3.8) is 0 Å². The molecule has 1 aromatic rings. The van der Waals surface area contributed by atoms with Gasteiger partial charge in [0.1, 0.15) is 4.90 Å². The molecule has 0 heterocycles. The number of carbonyl (C=O) groups excluding carboxylic acids is 1. The monoisotopic (exact) mass is 434 g/mol. The lowest BCUT2D eigenvalue weighted by atomic mass is 9.95. The minimum atomic E-state index is -3.93. The highest BCUT2D eigenvalue weighted by Gasteiger charge is 2.29. The van der Waals surface area contributed by atoms with Crippen molar-refractivity contribution in [3.05, 3.63) is 28.2 Å². The van der Waals surface area contributed by atoms with Gasteiger partial charge in [-0.25, -0.2) is 8.42 Å². The van der Waals surface area contributed by atoms with Crippen LogP contribution in [0.5, 0.6) is 0 Å². The molecule has 1 amide bonds. The second kappa shape index (κ2) is 10.1. The molecule has 1 N–H and O–H groups in total. The fraction of sp³-hybridized carbons (Fsp3) is 0.632. The largest absolute Gasteiger partial charge is 0.352 e. The lowest BCUT2D eigenvalue weighted by molar-refractivity contribution is -0.122. The summed E-state index contributed by atoms with van der Waals surface area (Å²) < 4.78 is 27.5. The number of nitrogens with one attached hydrogen (secondary N) is 1. The normalized spacial score (nSPS) is 16.1. The molecule has 0 bridgehead atoms. The molecule has 5 nitrogen and oxygen atoms in total. The van der Waals surface area contributed by atoms with Crippen molar-refractivity contribution in [3.8, 4) is 0 Å². The summed E-state index contributed by atoms with van der Waals surface area (Å²) in [5.74, 6) is 0.0336. The van der Waals surface area contributed by atoms with Crippen molar-refractivity contribution >= 4 is 39.1 Å². The molecule has 1 aromatic carbocycles. The molecule has 1 fully saturated rings. The van der Waals surface area contributed by atoms with Crippen LogP contribution < -0.4 is 5.32 Å². The Hall–Kier alpha value is -0.820. The van der Waals surface area contributed by atoms with Crippen LogP contribution in [-0.2, 0) is 14.8 Å². The Balaban J connectivity index is 2.19. The van der Waals surface area contributed by atoms with Crippen LogP contribution in [0.3, 0.4) is 0 Å². The van der Waals surface area contributed by atoms with Gasteiger partial charge in [0.15, 0.2) is 0 Å². The molecule has 152 valence electrons. The Labute approximate surface area is 172 Å². The average molecular weight is 435 g/mol. The van der Waals surface area contributed by atoms with Gasteiger partial charge in [0.2, 0.25) is 15.9 Å². The summed E-state index contributed by atoms with van der Waals surface area (Å²) in [4.78, 5) is 12.5. The maximum absolute atomic E-state index is 13.1. The van der Waals surface area contributed by atoms with Gasteiger partial charge < -0.3 is 5.32 Å². The number of benzene rings is 1. The van der Waals surface area contributed by atoms with Gasteiger partial charge in [0.05, 0.1) is 11.6 Å². The number of hydrogen-bond donors (Lipinski definition) is 1. The maximum Gasteiger partial charge on any atom is 0.245 e. The molecule has 27 heavy (non-hydrogen) atoms. The molecule has 0 unspecified atom stereocenters. The highest BCUT2D eigenvalue weighted by molar-refractivity contribution is 7.89. The van der Waals surface area contributed by atoms with Crippen molar-refractivity contribution < 1.29 is 13.2 Å². The summed E-state index contributed by atoms with van der Waals surface area (Å²) in [5, 5.41) is 3.37. The number of amides is 1. The number of carbonyl (C=O) groups is 1. The first kappa shape index (κ1) is 22.5. The number of sulfonamides is 1. The van der Waals surface area contributed by atoms with E-state index in [9.17, 15) is 13.2 Å². The van der Waals surface area contributed by atoms with Gasteiger partial charge in [-0.3, -0.25) is 4.79 Å². The van der Waals surface area contributed by atoms with Crippen molar-refractivity contribution in [2.45, 2.75) is 63.3 Å². The number of rotatable bonds is 8. The molecule has 0 radical (unpaired) electrons. The highest BCUT2D eigenvalue weighted by Crippen LogP contribution is 2.28. The molecule has 0 aromatic heterocycles. The third-order valence-corrected chi connectivity index (χ3v) is 7.32. The van der Waals surface area contributed by atoms with Crippen molar-refractivity contribution in [2.24, 2.45) is 5.92 Å². The van der Waals surface area contributed by atoms with E-state index in [4.69, 9.17) is 23.2 Å². The van der Waals surface area contributed by atoms with Gasteiger partial charge in [0.25, 0.3) is 0 Å². The van der Waals surface area contributed by atoms with Crippen LogP contribution in [0.2, 0.25) is 10.0 Å². The SMILES string of the molecule is CC(C)CCN(CC(=O)NC1CCCCC1)S(=O)(=O)c1cc(Cl)ccc1Cl. The van der Waals surface area contributed by atoms with Crippen LogP contribution in [0.4, 0.5) is 0 Å². The third-order valence-electron chi connectivity index (χ3n) is 4.76. The van der Waals surface area contributed by atoms with Crippen LogP contribution in [0.25, 0.3) is 0 Å². The van der Waals surface area contributed by atoms with Gasteiger partial charge in [-0.05, 0) is 43.4 Å². The average Bonchev–Trinajstić information content (AvgIpc) is 2.61. The maximum atomic E-state index is 13.1. The molecular formula is C19H28Cl2N2O3S. The van der Waals surface area contributed by atoms with Gasteiger partial charge >= 0.3 is 0 Å². The first-order chi connectivity index (χ1) is 12.7. The zero-order valence-electron chi connectivity index (χ0n) is 15.9. The molecule has 0 atom stereocenters. The summed E-state index contributed by atoms with van der Waals surface area (Å²) in [6, 6.07) is 4.47. The molecule has 8 heteroatoms. The van der Waals surface area contributed by atoms with E-state index in [-0.39, 0.29) is 40.0 Å². The Bertz CT molecular complexity index is 747. The van der Waals surface area contributed by atoms with Gasteiger partial charge in [0, 0.05) is 17.6 Å². The fourth-order valence-electron chi connectivity index (χ4n) is 3.18. The minimum Gasteiger partial charge on any atom is -0.352 e. The summed E-state index contributed by atoms with van der Waals surface area (Å²) >= 11 is 12.1. The number of halogens is 2. The standard InChI is InChI=1S/C19H28Cl2N2O3S/c1-14(2)10-11-23(13-19(24)22-16-6-4-3-5-7-16)27(25,26)18-12-15(20)8-9-17(18)21/h8-9,12,14,16H,3-7,10-11,13H2,1-2H3,(H,22,24). The Morgan fingerprint density at radius 2 is 1.89 bits per heavy atom. The smallest absolute Gasteiger partial charge is 0.245 e. The molecule has 1 aliphatic rings. The number of hydrogen-bond acceptors (Lipinski definition) is 3. The molecule has 0 saturated heterocycles. The van der Waals surface area contributed by atoms with E-state index in [1.807, 2.05) is 13.8 Å². The van der Waals surface area contributed by atoms with E-state index in [1.54, 1.807) is 0 Å². The van der Waals surface area contributed by atoms with E-state index in [1.165, 1.54) is 28.9 Å². The predicted octanol–water partition coefficient (Wildman–Crippen LogP) is 4.48. The third kappa shape index (κ3) is 6.63. The molecular weight excluding hydrogens is 407 g/mol. The lowest BCUT2D eigenvalue weighted by Crippen LogP contribution is -2.45.